The minimum absolute atomic E-state index is 0.143. The monoisotopic (exact) mass is 401 g/mol. The molecule has 0 radical (unpaired) electrons. The largest absolute Gasteiger partial charge is 0.311 e. The number of amides is 2. The summed E-state index contributed by atoms with van der Waals surface area (Å²) in [6, 6.07) is 7.62. The van der Waals surface area contributed by atoms with Gasteiger partial charge in [0.2, 0.25) is 11.8 Å². The first kappa shape index (κ1) is 18.2. The molecule has 1 saturated carbocycles. The fraction of sp³-hybridized carbons (Fsp3) is 0.333. The number of hydrogen-bond acceptors (Lipinski definition) is 6. The van der Waals surface area contributed by atoms with Crippen molar-refractivity contribution in [2.45, 2.75) is 26.2 Å². The Labute approximate surface area is 172 Å². The predicted octanol–water partition coefficient (Wildman–Crippen LogP) is 2.41. The number of carbonyl (C=O) groups excluding carboxylic acids is 2. The highest BCUT2D eigenvalue weighted by molar-refractivity contribution is 6.04. The lowest BCUT2D eigenvalue weighted by Crippen LogP contribution is -2.36. The van der Waals surface area contributed by atoms with Gasteiger partial charge in [0.1, 0.15) is 16.7 Å². The molecule has 3 aromatic rings. The first-order chi connectivity index (χ1) is 14.5. The highest BCUT2D eigenvalue weighted by Gasteiger charge is 2.57. The second kappa shape index (κ2) is 6.62. The zero-order valence-electron chi connectivity index (χ0n) is 16.4. The maximum Gasteiger partial charge on any atom is 0.249 e. The van der Waals surface area contributed by atoms with Crippen LogP contribution < -0.4 is 10.2 Å². The summed E-state index contributed by atoms with van der Waals surface area (Å²) < 4.78 is 1.67. The van der Waals surface area contributed by atoms with Gasteiger partial charge in [0.15, 0.2) is 5.82 Å². The Bertz CT molecular complexity index is 1220. The van der Waals surface area contributed by atoms with Crippen molar-refractivity contribution < 1.29 is 9.59 Å². The molecule has 4 heterocycles. The Balaban J connectivity index is 1.59. The standard InChI is InChI=1S/C21H19N7O2/c1-13(29)25-18-10-14(4-7-23-18)16-11-28-17(5-8-24-28)19(26-16)27-9-6-21(12-22,20(27)30)15-2-3-15/h4-5,7-8,10-11,15H,2-3,6,9H2,1H3,(H,23,25,29)/t21-/m1/s1. The molecular weight excluding hydrogens is 382 g/mol. The van der Waals surface area contributed by atoms with E-state index in [9.17, 15) is 14.9 Å². The molecule has 9 nitrogen and oxygen atoms in total. The Kier molecular flexibility index (Phi) is 4.03. The molecule has 0 bridgehead atoms. The maximum absolute atomic E-state index is 13.3. The van der Waals surface area contributed by atoms with Gasteiger partial charge in [0, 0.05) is 25.2 Å². The molecular formula is C21H19N7O2. The molecule has 1 aliphatic heterocycles. The van der Waals surface area contributed by atoms with Crippen LogP contribution in [0.3, 0.4) is 0 Å². The van der Waals surface area contributed by atoms with Crippen LogP contribution in [0.2, 0.25) is 0 Å². The molecule has 2 aliphatic rings. The average Bonchev–Trinajstić information content (AvgIpc) is 3.38. The summed E-state index contributed by atoms with van der Waals surface area (Å²) in [5, 5.41) is 16.8. The molecule has 1 atom stereocenters. The summed E-state index contributed by atoms with van der Waals surface area (Å²) in [6.07, 6.45) is 7.37. The van der Waals surface area contributed by atoms with Crippen molar-refractivity contribution in [3.63, 3.8) is 0 Å². The minimum Gasteiger partial charge on any atom is -0.311 e. The van der Waals surface area contributed by atoms with Crippen molar-refractivity contribution in [1.29, 1.82) is 5.26 Å². The Morgan fingerprint density at radius 1 is 1.33 bits per heavy atom. The first-order valence-electron chi connectivity index (χ1n) is 9.83. The molecule has 1 saturated heterocycles. The van der Waals surface area contributed by atoms with Gasteiger partial charge >= 0.3 is 0 Å². The number of carbonyl (C=O) groups is 2. The zero-order valence-corrected chi connectivity index (χ0v) is 16.4. The Morgan fingerprint density at radius 2 is 2.17 bits per heavy atom. The third-order valence-corrected chi connectivity index (χ3v) is 5.82. The van der Waals surface area contributed by atoms with Crippen LogP contribution in [0.5, 0.6) is 0 Å². The van der Waals surface area contributed by atoms with Gasteiger partial charge in [-0.15, -0.1) is 0 Å². The van der Waals surface area contributed by atoms with Crippen LogP contribution in [0.1, 0.15) is 26.2 Å². The second-order valence-corrected chi connectivity index (χ2v) is 7.79. The SMILES string of the molecule is CC(=O)Nc1cc(-c2cn3nccc3c(N3CC[C@@](C#N)(C4CC4)C3=O)n2)ccn1. The van der Waals surface area contributed by atoms with E-state index in [2.05, 4.69) is 21.5 Å². The molecule has 2 amide bonds. The summed E-state index contributed by atoms with van der Waals surface area (Å²) in [5.74, 6) is 0.661. The van der Waals surface area contributed by atoms with Gasteiger partial charge in [-0.2, -0.15) is 10.4 Å². The van der Waals surface area contributed by atoms with Gasteiger partial charge in [0.25, 0.3) is 0 Å². The lowest BCUT2D eigenvalue weighted by Gasteiger charge is -2.21. The number of anilines is 2. The summed E-state index contributed by atoms with van der Waals surface area (Å²) in [6.45, 7) is 1.87. The molecule has 1 aliphatic carbocycles. The Hall–Kier alpha value is -3.80. The summed E-state index contributed by atoms with van der Waals surface area (Å²) in [7, 11) is 0. The smallest absolute Gasteiger partial charge is 0.249 e. The fourth-order valence-corrected chi connectivity index (χ4v) is 4.18. The van der Waals surface area contributed by atoms with Crippen LogP contribution in [0.4, 0.5) is 11.6 Å². The molecule has 0 aromatic carbocycles. The van der Waals surface area contributed by atoms with Crippen molar-refractivity contribution >= 4 is 29.0 Å². The van der Waals surface area contributed by atoms with Gasteiger partial charge in [-0.3, -0.25) is 14.5 Å². The Morgan fingerprint density at radius 3 is 2.90 bits per heavy atom. The predicted molar refractivity (Wildman–Crippen MR) is 108 cm³/mol. The number of nitriles is 1. The van der Waals surface area contributed by atoms with Gasteiger partial charge in [-0.25, -0.2) is 14.5 Å². The summed E-state index contributed by atoms with van der Waals surface area (Å²) in [4.78, 5) is 35.2. The molecule has 3 aromatic heterocycles. The molecule has 150 valence electrons. The first-order valence-corrected chi connectivity index (χ1v) is 9.83. The number of nitrogens with one attached hydrogen (secondary N) is 1. The van der Waals surface area contributed by atoms with E-state index in [-0.39, 0.29) is 17.7 Å². The molecule has 2 fully saturated rings. The molecule has 9 heteroatoms. The van der Waals surface area contributed by atoms with E-state index in [0.29, 0.717) is 35.8 Å². The van der Waals surface area contributed by atoms with E-state index < -0.39 is 5.41 Å². The van der Waals surface area contributed by atoms with E-state index in [4.69, 9.17) is 4.98 Å². The second-order valence-electron chi connectivity index (χ2n) is 7.79. The number of hydrogen-bond donors (Lipinski definition) is 1. The number of nitrogens with zero attached hydrogens (tertiary/aromatic N) is 6. The van der Waals surface area contributed by atoms with Crippen molar-refractivity contribution in [2.75, 3.05) is 16.8 Å². The third-order valence-electron chi connectivity index (χ3n) is 5.82. The van der Waals surface area contributed by atoms with Crippen LogP contribution in [0.25, 0.3) is 16.8 Å². The van der Waals surface area contributed by atoms with E-state index in [1.54, 1.807) is 46.2 Å². The molecule has 30 heavy (non-hydrogen) atoms. The maximum atomic E-state index is 13.3. The fourth-order valence-electron chi connectivity index (χ4n) is 4.18. The van der Waals surface area contributed by atoms with Crippen molar-refractivity contribution in [3.8, 4) is 17.3 Å². The number of aromatic nitrogens is 4. The number of rotatable bonds is 4. The van der Waals surface area contributed by atoms with E-state index in [1.807, 2.05) is 0 Å². The number of fused-ring (bicyclic) bond motifs is 1. The molecule has 0 unspecified atom stereocenters. The van der Waals surface area contributed by atoms with Crippen LogP contribution in [-0.4, -0.2) is 37.9 Å². The molecule has 1 N–H and O–H groups in total. The lowest BCUT2D eigenvalue weighted by atomic mass is 9.83. The van der Waals surface area contributed by atoms with Gasteiger partial charge in [-0.1, -0.05) is 0 Å². The average molecular weight is 401 g/mol. The molecule has 5 rings (SSSR count). The van der Waals surface area contributed by atoms with Crippen molar-refractivity contribution in [3.05, 3.63) is 36.8 Å². The van der Waals surface area contributed by atoms with Gasteiger partial charge in [0.05, 0.1) is 24.2 Å². The van der Waals surface area contributed by atoms with Crippen molar-refractivity contribution in [2.24, 2.45) is 11.3 Å². The van der Waals surface area contributed by atoms with Crippen LogP contribution in [0, 0.1) is 22.7 Å². The quantitative estimate of drug-likeness (QED) is 0.718. The third kappa shape index (κ3) is 2.80. The van der Waals surface area contributed by atoms with Crippen LogP contribution >= 0.6 is 0 Å². The minimum atomic E-state index is -0.941. The highest BCUT2D eigenvalue weighted by atomic mass is 16.2. The topological polar surface area (TPSA) is 116 Å². The van der Waals surface area contributed by atoms with Gasteiger partial charge < -0.3 is 5.32 Å². The van der Waals surface area contributed by atoms with Crippen LogP contribution in [0.15, 0.2) is 36.8 Å². The normalized spacial score (nSPS) is 21.1. The van der Waals surface area contributed by atoms with Crippen LogP contribution in [-0.2, 0) is 9.59 Å². The number of pyridine rings is 1. The highest BCUT2D eigenvalue weighted by Crippen LogP contribution is 2.52. The van der Waals surface area contributed by atoms with Gasteiger partial charge in [-0.05, 0) is 43.4 Å². The summed E-state index contributed by atoms with van der Waals surface area (Å²) >= 11 is 0. The summed E-state index contributed by atoms with van der Waals surface area (Å²) in [5.41, 5.74) is 1.08. The molecule has 0 spiro atoms. The van der Waals surface area contributed by atoms with Crippen molar-refractivity contribution in [1.82, 2.24) is 19.6 Å². The van der Waals surface area contributed by atoms with E-state index in [0.717, 1.165) is 18.4 Å². The lowest BCUT2D eigenvalue weighted by molar-refractivity contribution is -0.123. The zero-order chi connectivity index (χ0) is 20.9. The van der Waals surface area contributed by atoms with E-state index in [1.165, 1.54) is 6.92 Å². The van der Waals surface area contributed by atoms with E-state index >= 15 is 0 Å².